The molecule has 1 saturated heterocycles. The van der Waals surface area contributed by atoms with Crippen LogP contribution in [0.3, 0.4) is 0 Å². The number of fused-ring (bicyclic) bond motifs is 1. The first-order chi connectivity index (χ1) is 11.4. The molecule has 0 unspecified atom stereocenters. The van der Waals surface area contributed by atoms with Gasteiger partial charge in [-0.15, -0.1) is 0 Å². The number of ether oxygens (including phenoxy) is 2. The zero-order chi connectivity index (χ0) is 17.3. The van der Waals surface area contributed by atoms with Gasteiger partial charge in [0.2, 0.25) is 5.91 Å². The summed E-state index contributed by atoms with van der Waals surface area (Å²) >= 11 is 0. The number of amides is 2. The van der Waals surface area contributed by atoms with Gasteiger partial charge in [-0.25, -0.2) is 0 Å². The molecular weight excluding hydrogens is 308 g/mol. The van der Waals surface area contributed by atoms with Crippen molar-refractivity contribution in [1.82, 2.24) is 9.80 Å². The summed E-state index contributed by atoms with van der Waals surface area (Å²) in [6, 6.07) is 5.79. The first-order valence-electron chi connectivity index (χ1n) is 8.33. The lowest BCUT2D eigenvalue weighted by atomic mass is 10.0. The number of para-hydroxylation sites is 1. The summed E-state index contributed by atoms with van der Waals surface area (Å²) in [5.41, 5.74) is 0.870. The Labute approximate surface area is 142 Å². The van der Waals surface area contributed by atoms with Crippen LogP contribution in [0.1, 0.15) is 26.3 Å². The van der Waals surface area contributed by atoms with Gasteiger partial charge in [0.15, 0.2) is 18.1 Å². The molecule has 1 aromatic carbocycles. The van der Waals surface area contributed by atoms with Gasteiger partial charge in [-0.3, -0.25) is 9.59 Å². The van der Waals surface area contributed by atoms with Crippen LogP contribution < -0.4 is 9.47 Å². The Hall–Kier alpha value is -2.24. The molecule has 0 radical (unpaired) electrons. The molecule has 0 aliphatic carbocycles. The molecular formula is C18H24N2O4. The van der Waals surface area contributed by atoms with Crippen molar-refractivity contribution in [3.63, 3.8) is 0 Å². The molecule has 0 atom stereocenters. The van der Waals surface area contributed by atoms with Gasteiger partial charge in [-0.05, 0) is 19.9 Å². The average Bonchev–Trinajstić information content (AvgIpc) is 2.87. The summed E-state index contributed by atoms with van der Waals surface area (Å²) in [6.45, 7) is 7.89. The van der Waals surface area contributed by atoms with Crippen molar-refractivity contribution >= 4 is 11.8 Å². The number of hydrogen-bond donors (Lipinski definition) is 0. The molecule has 2 amide bonds. The molecule has 0 aromatic heterocycles. The maximum Gasteiger partial charge on any atom is 0.260 e. The third kappa shape index (κ3) is 3.47. The Balaban J connectivity index is 1.57. The minimum Gasteiger partial charge on any atom is -0.483 e. The van der Waals surface area contributed by atoms with Crippen molar-refractivity contribution in [1.29, 1.82) is 0 Å². The fourth-order valence-electron chi connectivity index (χ4n) is 3.20. The van der Waals surface area contributed by atoms with Crippen molar-refractivity contribution in [3.8, 4) is 11.5 Å². The van der Waals surface area contributed by atoms with Crippen LogP contribution in [0.25, 0.3) is 0 Å². The lowest BCUT2D eigenvalue weighted by molar-refractivity contribution is -0.139. The maximum atomic E-state index is 12.3. The van der Waals surface area contributed by atoms with Gasteiger partial charge >= 0.3 is 0 Å². The van der Waals surface area contributed by atoms with Gasteiger partial charge in [-0.2, -0.15) is 0 Å². The lowest BCUT2D eigenvalue weighted by Crippen LogP contribution is -2.51. The standard InChI is InChI=1S/C18H24N2O4/c1-13(21)19-7-9-20(10-8-19)16(22)12-23-15-6-4-5-14-11-18(2,3)24-17(14)15/h4-6H,7-12H2,1-3H3. The van der Waals surface area contributed by atoms with Crippen LogP contribution in [0, 0.1) is 0 Å². The molecule has 0 saturated carbocycles. The highest BCUT2D eigenvalue weighted by Crippen LogP contribution is 2.41. The quantitative estimate of drug-likeness (QED) is 0.841. The molecule has 3 rings (SSSR count). The van der Waals surface area contributed by atoms with Gasteiger partial charge in [0, 0.05) is 45.1 Å². The predicted octanol–water partition coefficient (Wildman–Crippen LogP) is 1.47. The highest BCUT2D eigenvalue weighted by atomic mass is 16.5. The third-order valence-electron chi connectivity index (χ3n) is 4.48. The number of nitrogens with zero attached hydrogens (tertiary/aromatic N) is 2. The molecule has 0 N–H and O–H groups in total. The number of rotatable bonds is 3. The number of benzene rings is 1. The van der Waals surface area contributed by atoms with E-state index in [9.17, 15) is 9.59 Å². The topological polar surface area (TPSA) is 59.1 Å². The van der Waals surface area contributed by atoms with Crippen molar-refractivity contribution in [2.75, 3.05) is 32.8 Å². The Morgan fingerprint density at radius 3 is 2.50 bits per heavy atom. The van der Waals surface area contributed by atoms with Gasteiger partial charge in [-0.1, -0.05) is 12.1 Å². The summed E-state index contributed by atoms with van der Waals surface area (Å²) in [4.78, 5) is 27.2. The molecule has 6 nitrogen and oxygen atoms in total. The second kappa shape index (κ2) is 6.34. The minimum atomic E-state index is -0.241. The van der Waals surface area contributed by atoms with Crippen LogP contribution in [-0.2, 0) is 16.0 Å². The number of hydrogen-bond acceptors (Lipinski definition) is 4. The highest BCUT2D eigenvalue weighted by Gasteiger charge is 2.32. The van der Waals surface area contributed by atoms with Crippen LogP contribution in [0.2, 0.25) is 0 Å². The SMILES string of the molecule is CC(=O)N1CCN(C(=O)COc2cccc3c2OC(C)(C)C3)CC1. The van der Waals surface area contributed by atoms with E-state index in [1.54, 1.807) is 16.7 Å². The zero-order valence-electron chi connectivity index (χ0n) is 14.5. The van der Waals surface area contributed by atoms with E-state index in [1.807, 2.05) is 32.0 Å². The van der Waals surface area contributed by atoms with E-state index in [0.717, 1.165) is 17.7 Å². The number of carbonyl (C=O) groups excluding carboxylic acids is 2. The van der Waals surface area contributed by atoms with Crippen molar-refractivity contribution in [3.05, 3.63) is 23.8 Å². The van der Waals surface area contributed by atoms with Gasteiger partial charge in [0.05, 0.1) is 0 Å². The monoisotopic (exact) mass is 332 g/mol. The predicted molar refractivity (Wildman–Crippen MR) is 89.2 cm³/mol. The largest absolute Gasteiger partial charge is 0.483 e. The summed E-state index contributed by atoms with van der Waals surface area (Å²) in [5, 5.41) is 0. The lowest BCUT2D eigenvalue weighted by Gasteiger charge is -2.34. The van der Waals surface area contributed by atoms with Crippen LogP contribution in [0.4, 0.5) is 0 Å². The normalized spacial score (nSPS) is 18.8. The summed E-state index contributed by atoms with van der Waals surface area (Å²) < 4.78 is 11.7. The second-order valence-corrected chi connectivity index (χ2v) is 6.96. The molecule has 24 heavy (non-hydrogen) atoms. The van der Waals surface area contributed by atoms with Crippen LogP contribution in [0.5, 0.6) is 11.5 Å². The zero-order valence-corrected chi connectivity index (χ0v) is 14.5. The van der Waals surface area contributed by atoms with Crippen molar-refractivity contribution < 1.29 is 19.1 Å². The van der Waals surface area contributed by atoms with E-state index >= 15 is 0 Å². The van der Waals surface area contributed by atoms with E-state index in [2.05, 4.69) is 0 Å². The molecule has 6 heteroatoms. The van der Waals surface area contributed by atoms with E-state index < -0.39 is 0 Å². The molecule has 2 aliphatic heterocycles. The highest BCUT2D eigenvalue weighted by molar-refractivity contribution is 5.79. The number of piperazine rings is 1. The maximum absolute atomic E-state index is 12.3. The third-order valence-corrected chi connectivity index (χ3v) is 4.48. The fraction of sp³-hybridized carbons (Fsp3) is 0.556. The van der Waals surface area contributed by atoms with Gasteiger partial charge < -0.3 is 19.3 Å². The van der Waals surface area contributed by atoms with Crippen LogP contribution in [-0.4, -0.2) is 60.0 Å². The fourth-order valence-corrected chi connectivity index (χ4v) is 3.20. The molecule has 130 valence electrons. The first kappa shape index (κ1) is 16.6. The number of carbonyl (C=O) groups is 2. The molecule has 2 heterocycles. The van der Waals surface area contributed by atoms with Crippen molar-refractivity contribution in [2.45, 2.75) is 32.8 Å². The van der Waals surface area contributed by atoms with E-state index in [0.29, 0.717) is 31.9 Å². The average molecular weight is 332 g/mol. The molecule has 0 bridgehead atoms. The smallest absolute Gasteiger partial charge is 0.260 e. The second-order valence-electron chi connectivity index (χ2n) is 6.96. The van der Waals surface area contributed by atoms with Crippen LogP contribution in [0.15, 0.2) is 18.2 Å². The van der Waals surface area contributed by atoms with Crippen molar-refractivity contribution in [2.24, 2.45) is 0 Å². The Kier molecular flexibility index (Phi) is 4.39. The molecule has 2 aliphatic rings. The van der Waals surface area contributed by atoms with Crippen LogP contribution >= 0.6 is 0 Å². The van der Waals surface area contributed by atoms with E-state index in [1.165, 1.54) is 0 Å². The van der Waals surface area contributed by atoms with Gasteiger partial charge in [0.1, 0.15) is 5.60 Å². The first-order valence-corrected chi connectivity index (χ1v) is 8.33. The Morgan fingerprint density at radius 1 is 1.17 bits per heavy atom. The summed E-state index contributed by atoms with van der Waals surface area (Å²) in [5.74, 6) is 1.36. The molecule has 0 spiro atoms. The minimum absolute atomic E-state index is 0.0136. The summed E-state index contributed by atoms with van der Waals surface area (Å²) in [7, 11) is 0. The molecule has 1 fully saturated rings. The van der Waals surface area contributed by atoms with Gasteiger partial charge in [0.25, 0.3) is 5.91 Å². The Morgan fingerprint density at radius 2 is 1.83 bits per heavy atom. The molecule has 1 aromatic rings. The summed E-state index contributed by atoms with van der Waals surface area (Å²) in [6.07, 6.45) is 0.834. The van der Waals surface area contributed by atoms with E-state index in [-0.39, 0.29) is 24.0 Å². The van der Waals surface area contributed by atoms with E-state index in [4.69, 9.17) is 9.47 Å². The Bertz CT molecular complexity index is 648.